The van der Waals surface area contributed by atoms with E-state index in [1.54, 1.807) is 14.7 Å². The maximum atomic E-state index is 15.0. The number of likely N-dealkylation sites (tertiary alicyclic amines) is 1. The van der Waals surface area contributed by atoms with Crippen molar-refractivity contribution >= 4 is 49.0 Å². The summed E-state index contributed by atoms with van der Waals surface area (Å²) in [6.45, 7) is 7.67. The molecule has 0 saturated carbocycles. The van der Waals surface area contributed by atoms with Crippen molar-refractivity contribution in [3.05, 3.63) is 53.6 Å². The van der Waals surface area contributed by atoms with Crippen molar-refractivity contribution in [2.24, 2.45) is 5.92 Å². The van der Waals surface area contributed by atoms with E-state index in [0.29, 0.717) is 49.4 Å². The van der Waals surface area contributed by atoms with Crippen LogP contribution in [0.2, 0.25) is 18.6 Å². The van der Waals surface area contributed by atoms with Crippen LogP contribution in [0.5, 0.6) is 0 Å². The second kappa shape index (κ2) is 13.5. The summed E-state index contributed by atoms with van der Waals surface area (Å²) < 4.78 is 6.97. The molecule has 5 heterocycles. The molecule has 2 N–H and O–H groups in total. The lowest BCUT2D eigenvalue weighted by Gasteiger charge is -2.33. The average molecular weight is 703 g/mol. The molecule has 2 aromatic carbocycles. The van der Waals surface area contributed by atoms with E-state index >= 15 is 4.79 Å². The first-order chi connectivity index (χ1) is 23.9. The molecule has 0 bridgehead atoms. The number of amides is 4. The van der Waals surface area contributed by atoms with Crippen LogP contribution in [-0.2, 0) is 36.1 Å². The number of aliphatic hydroxyl groups excluding tert-OH is 1. The number of anilines is 3. The molecule has 0 radical (unpaired) electrons. The Morgan fingerprint density at radius 2 is 1.54 bits per heavy atom. The fourth-order valence-corrected chi connectivity index (χ4v) is 11.9. The van der Waals surface area contributed by atoms with Crippen molar-refractivity contribution in [1.29, 1.82) is 0 Å². The van der Waals surface area contributed by atoms with Gasteiger partial charge in [0.05, 0.1) is 37.4 Å². The molecule has 4 saturated heterocycles. The third-order valence-electron chi connectivity index (χ3n) is 11.8. The number of piperidine rings is 2. The summed E-state index contributed by atoms with van der Waals surface area (Å²) in [6.07, 6.45) is 5.51. The fourth-order valence-electron chi connectivity index (χ4n) is 9.36. The van der Waals surface area contributed by atoms with Crippen LogP contribution in [0.25, 0.3) is 0 Å². The van der Waals surface area contributed by atoms with E-state index in [0.717, 1.165) is 49.8 Å². The molecule has 268 valence electrons. The van der Waals surface area contributed by atoms with Crippen LogP contribution in [0.15, 0.2) is 42.5 Å². The minimum Gasteiger partial charge on any atom is -0.432 e. The lowest BCUT2D eigenvalue weighted by Crippen LogP contribution is -2.46. The van der Waals surface area contributed by atoms with Crippen molar-refractivity contribution in [2.45, 2.75) is 108 Å². The first kappa shape index (κ1) is 34.8. The van der Waals surface area contributed by atoms with E-state index in [1.807, 2.05) is 67.4 Å². The summed E-state index contributed by atoms with van der Waals surface area (Å²) in [6, 6.07) is 13.3. The second-order valence-corrected chi connectivity index (χ2v) is 19.4. The molecular formula is C38H50N4O7Si. The van der Waals surface area contributed by atoms with E-state index in [-0.39, 0.29) is 49.2 Å². The number of nitrogens with zero attached hydrogens (tertiary/aromatic N) is 4. The topological polar surface area (TPSA) is 131 Å². The predicted molar refractivity (Wildman–Crippen MR) is 192 cm³/mol. The van der Waals surface area contributed by atoms with E-state index in [2.05, 4.69) is 0 Å². The van der Waals surface area contributed by atoms with Gasteiger partial charge in [0, 0.05) is 60.9 Å². The van der Waals surface area contributed by atoms with Gasteiger partial charge >= 0.3 is 0 Å². The second-order valence-electron chi connectivity index (χ2n) is 15.4. The number of aliphatic hydroxyl groups is 1. The average Bonchev–Trinajstić information content (AvgIpc) is 3.76. The number of fused-ring (bicyclic) bond motifs is 2. The molecular weight excluding hydrogens is 653 g/mol. The minimum absolute atomic E-state index is 0.00778. The van der Waals surface area contributed by atoms with Crippen LogP contribution in [-0.4, -0.2) is 85.1 Å². The highest BCUT2D eigenvalue weighted by atomic mass is 28.4. The van der Waals surface area contributed by atoms with Crippen molar-refractivity contribution < 1.29 is 33.8 Å². The summed E-state index contributed by atoms with van der Waals surface area (Å²) >= 11 is 0. The van der Waals surface area contributed by atoms with Gasteiger partial charge in [-0.25, -0.2) is 0 Å². The Bertz CT molecular complexity index is 1660. The molecule has 12 heteroatoms. The maximum absolute atomic E-state index is 15.0. The number of hydrogen-bond acceptors (Lipinski definition) is 7. The fraction of sp³-hybridized carbons (Fsp3) is 0.579. The van der Waals surface area contributed by atoms with Crippen molar-refractivity contribution in [3.63, 3.8) is 0 Å². The standard InChI is InChI=1S/C38H50N4O7Si/c1-25-36(50(2,3)48)32(22-35(46)41-20-8-9-29(41)24-43)49-38(25)30-21-28(40-19-7-5-11-34(40)45)16-17-31(30)42(37(38)47)23-26-12-14-27(15-13-26)39-18-6-4-10-33(39)44/h12-17,21,25,29,32,36,43,48H,4-11,18-20,22-24H2,1-3H3/t25-,29+,32+,36-,38+/m1/s1. The Morgan fingerprint density at radius 1 is 0.900 bits per heavy atom. The zero-order chi connectivity index (χ0) is 35.4. The molecule has 0 aromatic heterocycles. The summed E-state index contributed by atoms with van der Waals surface area (Å²) in [5.74, 6) is -0.672. The van der Waals surface area contributed by atoms with Crippen LogP contribution in [0.4, 0.5) is 17.1 Å². The van der Waals surface area contributed by atoms with Gasteiger partial charge in [-0.1, -0.05) is 19.1 Å². The maximum Gasteiger partial charge on any atom is 0.264 e. The van der Waals surface area contributed by atoms with Gasteiger partial charge < -0.3 is 34.2 Å². The third kappa shape index (κ3) is 5.97. The van der Waals surface area contributed by atoms with Crippen LogP contribution < -0.4 is 14.7 Å². The highest BCUT2D eigenvalue weighted by molar-refractivity contribution is 6.71. The summed E-state index contributed by atoms with van der Waals surface area (Å²) in [7, 11) is -3.02. The van der Waals surface area contributed by atoms with Gasteiger partial charge in [0.15, 0.2) is 13.9 Å². The van der Waals surface area contributed by atoms with Crippen LogP contribution >= 0.6 is 0 Å². The molecule has 5 aliphatic heterocycles. The Balaban J connectivity index is 1.26. The number of rotatable bonds is 8. The molecule has 4 amide bonds. The largest absolute Gasteiger partial charge is 0.432 e. The van der Waals surface area contributed by atoms with Gasteiger partial charge in [-0.15, -0.1) is 0 Å². The lowest BCUT2D eigenvalue weighted by atomic mass is 9.82. The van der Waals surface area contributed by atoms with E-state index < -0.39 is 31.5 Å². The Morgan fingerprint density at radius 3 is 2.16 bits per heavy atom. The van der Waals surface area contributed by atoms with Crippen LogP contribution in [0, 0.1) is 5.92 Å². The zero-order valence-corrected chi connectivity index (χ0v) is 30.5. The van der Waals surface area contributed by atoms with Gasteiger partial charge in [-0.3, -0.25) is 19.2 Å². The SMILES string of the molecule is C[C@@H]1[C@@H]([Si](C)(C)O)[C@H](CC(=O)N2CCC[C@H]2CO)O[C@@]12C(=O)N(Cc1ccc(N3CCCCC3=O)cc1)c1ccc(N3CCCCC3=O)cc12. The molecule has 0 aliphatic carbocycles. The lowest BCUT2D eigenvalue weighted by molar-refractivity contribution is -0.150. The predicted octanol–water partition coefficient (Wildman–Crippen LogP) is 4.44. The van der Waals surface area contributed by atoms with E-state index in [9.17, 15) is 24.3 Å². The number of carbonyl (C=O) groups excluding carboxylic acids is 4. The third-order valence-corrected chi connectivity index (χ3v) is 14.3. The molecule has 4 fully saturated rings. The van der Waals surface area contributed by atoms with Gasteiger partial charge in [-0.05, 0) is 87.5 Å². The Hall–Kier alpha value is -3.58. The Kier molecular flexibility index (Phi) is 9.42. The van der Waals surface area contributed by atoms with Gasteiger partial charge in [0.25, 0.3) is 5.91 Å². The normalized spacial score (nSPS) is 28.7. The van der Waals surface area contributed by atoms with Crippen LogP contribution in [0.3, 0.4) is 0 Å². The number of benzene rings is 2. The molecule has 5 aliphatic rings. The highest BCUT2D eigenvalue weighted by Gasteiger charge is 2.66. The molecule has 0 unspecified atom stereocenters. The summed E-state index contributed by atoms with van der Waals surface area (Å²) in [5, 5.41) is 9.92. The van der Waals surface area contributed by atoms with E-state index in [4.69, 9.17) is 4.74 Å². The number of hydrogen-bond donors (Lipinski definition) is 2. The van der Waals surface area contributed by atoms with E-state index in [1.165, 1.54) is 0 Å². The smallest absolute Gasteiger partial charge is 0.264 e. The molecule has 50 heavy (non-hydrogen) atoms. The number of carbonyl (C=O) groups is 4. The zero-order valence-electron chi connectivity index (χ0n) is 29.5. The first-order valence-corrected chi connectivity index (χ1v) is 21.4. The van der Waals surface area contributed by atoms with Gasteiger partial charge in [0.2, 0.25) is 17.7 Å². The van der Waals surface area contributed by atoms with Crippen LogP contribution in [0.1, 0.15) is 75.8 Å². The van der Waals surface area contributed by atoms with Gasteiger partial charge in [0.1, 0.15) is 0 Å². The molecule has 2 aromatic rings. The Labute approximate surface area is 295 Å². The quantitative estimate of drug-likeness (QED) is 0.389. The summed E-state index contributed by atoms with van der Waals surface area (Å²) in [4.78, 5) is 73.2. The highest BCUT2D eigenvalue weighted by Crippen LogP contribution is 2.60. The van der Waals surface area contributed by atoms with Gasteiger partial charge in [-0.2, -0.15) is 0 Å². The molecule has 11 nitrogen and oxygen atoms in total. The number of ether oxygens (including phenoxy) is 1. The van der Waals surface area contributed by atoms with Crippen molar-refractivity contribution in [2.75, 3.05) is 40.9 Å². The molecule has 1 spiro atoms. The monoisotopic (exact) mass is 702 g/mol. The molecule has 5 atom stereocenters. The molecule has 7 rings (SSSR count). The van der Waals surface area contributed by atoms with Crippen molar-refractivity contribution in [3.8, 4) is 0 Å². The summed E-state index contributed by atoms with van der Waals surface area (Å²) in [5.41, 5.74) is 1.91. The first-order valence-electron chi connectivity index (χ1n) is 18.4. The minimum atomic E-state index is -3.02. The van der Waals surface area contributed by atoms with Crippen molar-refractivity contribution in [1.82, 2.24) is 4.90 Å².